The number of aromatic carboxylic acids is 1. The number of amides is 1. The number of carbonyl (C=O) groups excluding carboxylic acids is 1. The number of halogens is 1. The first-order valence-electron chi connectivity index (χ1n) is 6.14. The molecule has 5 nitrogen and oxygen atoms in total. The molecule has 108 valence electrons. The van der Waals surface area contributed by atoms with Crippen molar-refractivity contribution in [3.63, 3.8) is 0 Å². The molecule has 2 aromatic rings. The van der Waals surface area contributed by atoms with Crippen molar-refractivity contribution in [1.82, 2.24) is 0 Å². The van der Waals surface area contributed by atoms with Crippen LogP contribution in [0.15, 0.2) is 42.5 Å². The van der Waals surface area contributed by atoms with Crippen LogP contribution in [0, 0.1) is 0 Å². The molecule has 0 unspecified atom stereocenters. The van der Waals surface area contributed by atoms with Crippen LogP contribution in [0.2, 0.25) is 5.02 Å². The highest BCUT2D eigenvalue weighted by atomic mass is 35.5. The molecule has 1 amide bonds. The van der Waals surface area contributed by atoms with Gasteiger partial charge in [-0.3, -0.25) is 4.79 Å². The number of nitrogens with one attached hydrogen (secondary N) is 1. The topological polar surface area (TPSA) is 92.4 Å². The van der Waals surface area contributed by atoms with Gasteiger partial charge < -0.3 is 16.2 Å². The standard InChI is InChI=1S/C15H13ClN2O3/c16-12-5-11(15(20)21)6-13(7-12)18-14(19)10-3-1-9(8-17)2-4-10/h1-7H,8,17H2,(H,18,19)(H,20,21). The maximum absolute atomic E-state index is 12.1. The van der Waals surface area contributed by atoms with E-state index in [0.717, 1.165) is 5.56 Å². The minimum atomic E-state index is -1.11. The molecule has 0 saturated carbocycles. The molecule has 6 heteroatoms. The van der Waals surface area contributed by atoms with E-state index < -0.39 is 5.97 Å². The molecule has 0 spiro atoms. The van der Waals surface area contributed by atoms with Crippen molar-refractivity contribution in [3.05, 3.63) is 64.2 Å². The number of anilines is 1. The van der Waals surface area contributed by atoms with Gasteiger partial charge in [0.25, 0.3) is 5.91 Å². The molecule has 0 aliphatic rings. The molecule has 21 heavy (non-hydrogen) atoms. The van der Waals surface area contributed by atoms with Crippen LogP contribution in [-0.4, -0.2) is 17.0 Å². The Morgan fingerprint density at radius 3 is 2.33 bits per heavy atom. The molecule has 0 heterocycles. The van der Waals surface area contributed by atoms with Crippen LogP contribution in [0.25, 0.3) is 0 Å². The second-order valence-corrected chi connectivity index (χ2v) is 4.83. The van der Waals surface area contributed by atoms with Gasteiger partial charge in [-0.2, -0.15) is 0 Å². The van der Waals surface area contributed by atoms with E-state index in [9.17, 15) is 9.59 Å². The highest BCUT2D eigenvalue weighted by Gasteiger charge is 2.10. The van der Waals surface area contributed by atoms with Gasteiger partial charge in [-0.05, 0) is 35.9 Å². The van der Waals surface area contributed by atoms with Crippen LogP contribution >= 0.6 is 11.6 Å². The summed E-state index contributed by atoms with van der Waals surface area (Å²) in [6.07, 6.45) is 0. The number of carboxylic acids is 1. The second kappa shape index (κ2) is 6.39. The van der Waals surface area contributed by atoms with Crippen LogP contribution < -0.4 is 11.1 Å². The Morgan fingerprint density at radius 1 is 1.10 bits per heavy atom. The van der Waals surface area contributed by atoms with Crippen LogP contribution in [-0.2, 0) is 6.54 Å². The van der Waals surface area contributed by atoms with Gasteiger partial charge in [-0.25, -0.2) is 4.79 Å². The SMILES string of the molecule is NCc1ccc(C(=O)Nc2cc(Cl)cc(C(=O)O)c2)cc1. The van der Waals surface area contributed by atoms with E-state index in [1.165, 1.54) is 18.2 Å². The maximum Gasteiger partial charge on any atom is 0.335 e. The quantitative estimate of drug-likeness (QED) is 0.809. The van der Waals surface area contributed by atoms with Crippen molar-refractivity contribution in [2.24, 2.45) is 5.73 Å². The smallest absolute Gasteiger partial charge is 0.335 e. The summed E-state index contributed by atoms with van der Waals surface area (Å²) in [5.74, 6) is -1.46. The summed E-state index contributed by atoms with van der Waals surface area (Å²) in [5, 5.41) is 11.8. The summed E-state index contributed by atoms with van der Waals surface area (Å²) in [7, 11) is 0. The summed E-state index contributed by atoms with van der Waals surface area (Å²) < 4.78 is 0. The first kappa shape index (κ1) is 15.0. The summed E-state index contributed by atoms with van der Waals surface area (Å²) in [6.45, 7) is 0.401. The Bertz CT molecular complexity index is 684. The minimum absolute atomic E-state index is 0.0104. The lowest BCUT2D eigenvalue weighted by molar-refractivity contribution is 0.0696. The molecule has 0 aromatic heterocycles. The van der Waals surface area contributed by atoms with Crippen molar-refractivity contribution in [2.75, 3.05) is 5.32 Å². The van der Waals surface area contributed by atoms with Crippen molar-refractivity contribution >= 4 is 29.2 Å². The third-order valence-corrected chi connectivity index (χ3v) is 3.07. The van der Waals surface area contributed by atoms with Crippen LogP contribution in [0.1, 0.15) is 26.3 Å². The first-order chi connectivity index (χ1) is 9.99. The van der Waals surface area contributed by atoms with Crippen molar-refractivity contribution < 1.29 is 14.7 Å². The Morgan fingerprint density at radius 2 is 1.76 bits per heavy atom. The van der Waals surface area contributed by atoms with Gasteiger partial charge in [0, 0.05) is 22.8 Å². The van der Waals surface area contributed by atoms with Gasteiger partial charge >= 0.3 is 5.97 Å². The molecule has 0 aliphatic heterocycles. The second-order valence-electron chi connectivity index (χ2n) is 4.39. The number of benzene rings is 2. The summed E-state index contributed by atoms with van der Waals surface area (Å²) in [6, 6.07) is 11.0. The average Bonchev–Trinajstić information content (AvgIpc) is 2.46. The van der Waals surface area contributed by atoms with Crippen LogP contribution in [0.5, 0.6) is 0 Å². The molecule has 0 aliphatic carbocycles. The van der Waals surface area contributed by atoms with Crippen LogP contribution in [0.3, 0.4) is 0 Å². The van der Waals surface area contributed by atoms with E-state index in [4.69, 9.17) is 22.4 Å². The van der Waals surface area contributed by atoms with Crippen molar-refractivity contribution in [2.45, 2.75) is 6.54 Å². The van der Waals surface area contributed by atoms with Gasteiger partial charge in [0.05, 0.1) is 5.56 Å². The zero-order valence-corrected chi connectivity index (χ0v) is 11.7. The van der Waals surface area contributed by atoms with Gasteiger partial charge in [-0.1, -0.05) is 23.7 Å². The zero-order chi connectivity index (χ0) is 15.4. The maximum atomic E-state index is 12.1. The van der Waals surface area contributed by atoms with E-state index in [2.05, 4.69) is 5.32 Å². The lowest BCUT2D eigenvalue weighted by Gasteiger charge is -2.07. The molecular weight excluding hydrogens is 292 g/mol. The van der Waals surface area contributed by atoms with E-state index in [0.29, 0.717) is 17.8 Å². The molecule has 2 aromatic carbocycles. The monoisotopic (exact) mass is 304 g/mol. The van der Waals surface area contributed by atoms with Crippen molar-refractivity contribution in [3.8, 4) is 0 Å². The fraction of sp³-hybridized carbons (Fsp3) is 0.0667. The molecule has 2 rings (SSSR count). The van der Waals surface area contributed by atoms with Gasteiger partial charge in [0.15, 0.2) is 0 Å². The molecule has 4 N–H and O–H groups in total. The molecule has 0 atom stereocenters. The summed E-state index contributed by atoms with van der Waals surface area (Å²) in [4.78, 5) is 23.0. The van der Waals surface area contributed by atoms with Crippen molar-refractivity contribution in [1.29, 1.82) is 0 Å². The highest BCUT2D eigenvalue weighted by molar-refractivity contribution is 6.31. The third kappa shape index (κ3) is 3.81. The fourth-order valence-corrected chi connectivity index (χ4v) is 2.02. The molecule has 0 fully saturated rings. The Hall–Kier alpha value is -2.37. The molecular formula is C15H13ClN2O3. The predicted molar refractivity (Wildman–Crippen MR) is 80.7 cm³/mol. The zero-order valence-electron chi connectivity index (χ0n) is 11.0. The van der Waals surface area contributed by atoms with Gasteiger partial charge in [0.2, 0.25) is 0 Å². The minimum Gasteiger partial charge on any atom is -0.478 e. The summed E-state index contributed by atoms with van der Waals surface area (Å²) in [5.41, 5.74) is 7.19. The number of carbonyl (C=O) groups is 2. The number of carboxylic acid groups (broad SMARTS) is 1. The average molecular weight is 305 g/mol. The Balaban J connectivity index is 2.20. The van der Waals surface area contributed by atoms with E-state index in [1.54, 1.807) is 24.3 Å². The molecule has 0 saturated heterocycles. The number of hydrogen-bond donors (Lipinski definition) is 3. The van der Waals surface area contributed by atoms with E-state index in [1.807, 2.05) is 0 Å². The number of rotatable bonds is 4. The lowest BCUT2D eigenvalue weighted by Crippen LogP contribution is -2.12. The third-order valence-electron chi connectivity index (χ3n) is 2.85. The summed E-state index contributed by atoms with van der Waals surface area (Å²) >= 11 is 5.83. The Labute approximate surface area is 126 Å². The predicted octanol–water partition coefficient (Wildman–Crippen LogP) is 2.75. The number of hydrogen-bond acceptors (Lipinski definition) is 3. The van der Waals surface area contributed by atoms with Crippen LogP contribution in [0.4, 0.5) is 5.69 Å². The first-order valence-corrected chi connectivity index (χ1v) is 6.51. The highest BCUT2D eigenvalue weighted by Crippen LogP contribution is 2.20. The molecule has 0 bridgehead atoms. The van der Waals surface area contributed by atoms with E-state index in [-0.39, 0.29) is 16.5 Å². The normalized spacial score (nSPS) is 10.2. The van der Waals surface area contributed by atoms with Gasteiger partial charge in [0.1, 0.15) is 0 Å². The van der Waals surface area contributed by atoms with Gasteiger partial charge in [-0.15, -0.1) is 0 Å². The Kier molecular flexibility index (Phi) is 4.57. The number of nitrogens with two attached hydrogens (primary N) is 1. The fourth-order valence-electron chi connectivity index (χ4n) is 1.78. The van der Waals surface area contributed by atoms with E-state index >= 15 is 0 Å². The largest absolute Gasteiger partial charge is 0.478 e. The molecule has 0 radical (unpaired) electrons. The lowest BCUT2D eigenvalue weighted by atomic mass is 10.1.